The Hall–Kier alpha value is -0.310. The van der Waals surface area contributed by atoms with Crippen molar-refractivity contribution in [2.75, 3.05) is 0 Å². The van der Waals surface area contributed by atoms with Gasteiger partial charge in [0.2, 0.25) is 0 Å². The molecule has 5 heteroatoms. The molecule has 2 N–H and O–H groups in total. The molecule has 0 aromatic carbocycles. The monoisotopic (exact) mass is 195 g/mol. The van der Waals surface area contributed by atoms with E-state index in [4.69, 9.17) is 14.4 Å². The first-order valence-corrected chi connectivity index (χ1v) is 5.01. The van der Waals surface area contributed by atoms with Crippen molar-refractivity contribution in [1.82, 2.24) is 0 Å². The normalized spacial score (nSPS) is 8.33. The SMILES string of the molecule is CCCCCC(C)=O.O=[P+](O)O. The first-order valence-electron chi connectivity index (χ1n) is 3.85. The number of unbranched alkanes of at least 4 members (excludes halogenated alkanes) is 2. The number of rotatable bonds is 4. The van der Waals surface area contributed by atoms with E-state index in [9.17, 15) is 4.79 Å². The van der Waals surface area contributed by atoms with E-state index < -0.39 is 8.25 Å². The van der Waals surface area contributed by atoms with Crippen molar-refractivity contribution >= 4 is 14.0 Å². The molecule has 0 aliphatic rings. The third-order valence-corrected chi connectivity index (χ3v) is 1.13. The van der Waals surface area contributed by atoms with Crippen LogP contribution in [-0.4, -0.2) is 15.6 Å². The van der Waals surface area contributed by atoms with Crippen molar-refractivity contribution in [3.8, 4) is 0 Å². The summed E-state index contributed by atoms with van der Waals surface area (Å²) in [6.45, 7) is 3.79. The fourth-order valence-corrected chi connectivity index (χ4v) is 0.624. The van der Waals surface area contributed by atoms with E-state index in [0.29, 0.717) is 5.78 Å². The first kappa shape index (κ1) is 14.2. The smallest absolute Gasteiger partial charge is 0.300 e. The van der Waals surface area contributed by atoms with Crippen LogP contribution in [0.15, 0.2) is 0 Å². The summed E-state index contributed by atoms with van der Waals surface area (Å²) in [6, 6.07) is 0. The van der Waals surface area contributed by atoms with Crippen molar-refractivity contribution in [3.05, 3.63) is 0 Å². The van der Waals surface area contributed by atoms with E-state index in [1.165, 1.54) is 12.8 Å². The van der Waals surface area contributed by atoms with Gasteiger partial charge in [0.25, 0.3) is 0 Å². The summed E-state index contributed by atoms with van der Waals surface area (Å²) in [5, 5.41) is 0. The van der Waals surface area contributed by atoms with E-state index in [2.05, 4.69) is 6.92 Å². The van der Waals surface area contributed by atoms with Gasteiger partial charge in [-0.2, -0.15) is 0 Å². The predicted octanol–water partition coefficient (Wildman–Crippen LogP) is 1.78. The van der Waals surface area contributed by atoms with Crippen molar-refractivity contribution in [2.45, 2.75) is 39.5 Å². The fourth-order valence-electron chi connectivity index (χ4n) is 0.624. The Morgan fingerprint density at radius 1 is 1.33 bits per heavy atom. The van der Waals surface area contributed by atoms with Crippen LogP contribution in [0.4, 0.5) is 0 Å². The van der Waals surface area contributed by atoms with Gasteiger partial charge in [-0.15, -0.1) is 9.79 Å². The minimum absolute atomic E-state index is 0.318. The molecule has 0 atom stereocenters. The molecular weight excluding hydrogens is 179 g/mol. The number of carbonyl (C=O) groups is 1. The number of carbonyl (C=O) groups excluding carboxylic acids is 1. The molecule has 0 aliphatic heterocycles. The number of Topliss-reactive ketones (excluding diaryl/α,β-unsaturated/α-hetero) is 1. The summed E-state index contributed by atoms with van der Waals surface area (Å²) in [7, 11) is -2.87. The quantitative estimate of drug-likeness (QED) is 0.529. The Morgan fingerprint density at radius 2 is 1.75 bits per heavy atom. The van der Waals surface area contributed by atoms with Gasteiger partial charge in [-0.25, -0.2) is 0 Å². The molecule has 0 spiro atoms. The molecule has 12 heavy (non-hydrogen) atoms. The van der Waals surface area contributed by atoms with Crippen molar-refractivity contribution in [2.24, 2.45) is 0 Å². The maximum absolute atomic E-state index is 10.3. The van der Waals surface area contributed by atoms with Crippen molar-refractivity contribution in [1.29, 1.82) is 0 Å². The highest BCUT2D eigenvalue weighted by molar-refractivity contribution is 7.30. The van der Waals surface area contributed by atoms with Crippen LogP contribution in [0.5, 0.6) is 0 Å². The van der Waals surface area contributed by atoms with Gasteiger partial charge in [0, 0.05) is 11.0 Å². The Balaban J connectivity index is 0. The molecule has 0 amide bonds. The summed E-state index contributed by atoms with van der Waals surface area (Å²) < 4.78 is 8.70. The largest absolute Gasteiger partial charge is 0.692 e. The van der Waals surface area contributed by atoms with E-state index in [-0.39, 0.29) is 0 Å². The van der Waals surface area contributed by atoms with Crippen LogP contribution in [0.3, 0.4) is 0 Å². The highest BCUT2D eigenvalue weighted by Gasteiger charge is 1.93. The van der Waals surface area contributed by atoms with Gasteiger partial charge in [0.15, 0.2) is 0 Å². The number of ketones is 1. The van der Waals surface area contributed by atoms with Crippen molar-refractivity contribution in [3.63, 3.8) is 0 Å². The van der Waals surface area contributed by atoms with Crippen LogP contribution in [-0.2, 0) is 9.36 Å². The Labute approximate surface area is 73.6 Å². The first-order chi connectivity index (χ1) is 5.50. The molecule has 0 aliphatic carbocycles. The Bertz CT molecular complexity index is 131. The van der Waals surface area contributed by atoms with Gasteiger partial charge in [-0.05, 0) is 13.3 Å². The van der Waals surface area contributed by atoms with Crippen LogP contribution < -0.4 is 0 Å². The standard InChI is InChI=1S/C7H14O.HO3P/c1-3-4-5-6-7(2)8;1-4(2)3/h3-6H2,1-2H3;(H-,1,2,3)/p+1. The topological polar surface area (TPSA) is 74.6 Å². The minimum Gasteiger partial charge on any atom is -0.300 e. The predicted molar refractivity (Wildman–Crippen MR) is 46.9 cm³/mol. The van der Waals surface area contributed by atoms with Crippen LogP contribution in [0.25, 0.3) is 0 Å². The second kappa shape index (κ2) is 10.7. The summed E-state index contributed by atoms with van der Waals surface area (Å²) in [4.78, 5) is 24.6. The average Bonchev–Trinajstić information content (AvgIpc) is 1.86. The lowest BCUT2D eigenvalue weighted by atomic mass is 10.2. The average molecular weight is 195 g/mol. The molecule has 0 aromatic rings. The molecule has 0 aromatic heterocycles. The Morgan fingerprint density at radius 3 is 2.00 bits per heavy atom. The molecule has 4 nitrogen and oxygen atoms in total. The molecule has 0 bridgehead atoms. The minimum atomic E-state index is -2.87. The van der Waals surface area contributed by atoms with Gasteiger partial charge in [-0.3, -0.25) is 0 Å². The maximum atomic E-state index is 10.3. The lowest BCUT2D eigenvalue weighted by molar-refractivity contribution is -0.117. The Kier molecular flexibility index (Phi) is 12.7. The third-order valence-electron chi connectivity index (χ3n) is 1.13. The summed E-state index contributed by atoms with van der Waals surface area (Å²) >= 11 is 0. The van der Waals surface area contributed by atoms with Gasteiger partial charge in [0.1, 0.15) is 5.78 Å². The third kappa shape index (κ3) is 33.3. The maximum Gasteiger partial charge on any atom is 0.692 e. The van der Waals surface area contributed by atoms with Gasteiger partial charge in [0.05, 0.1) is 0 Å². The lowest BCUT2D eigenvalue weighted by Crippen LogP contribution is -1.87. The second-order valence-corrected chi connectivity index (χ2v) is 2.92. The van der Waals surface area contributed by atoms with Crippen LogP contribution in [0, 0.1) is 0 Å². The van der Waals surface area contributed by atoms with Crippen LogP contribution in [0.2, 0.25) is 0 Å². The highest BCUT2D eigenvalue weighted by Crippen LogP contribution is 1.98. The highest BCUT2D eigenvalue weighted by atomic mass is 31.1. The van der Waals surface area contributed by atoms with Gasteiger partial charge in [-0.1, -0.05) is 19.8 Å². The van der Waals surface area contributed by atoms with Gasteiger partial charge >= 0.3 is 8.25 Å². The molecular formula is C7H16O4P+. The molecule has 0 fully saturated rings. The second-order valence-electron chi connectivity index (χ2n) is 2.41. The zero-order valence-corrected chi connectivity index (χ0v) is 8.38. The molecule has 72 valence electrons. The van der Waals surface area contributed by atoms with E-state index in [0.717, 1.165) is 12.8 Å². The molecule has 0 radical (unpaired) electrons. The lowest BCUT2D eigenvalue weighted by Gasteiger charge is -1.90. The zero-order valence-electron chi connectivity index (χ0n) is 7.49. The molecule has 0 unspecified atom stereocenters. The van der Waals surface area contributed by atoms with E-state index >= 15 is 0 Å². The molecule has 0 saturated carbocycles. The van der Waals surface area contributed by atoms with E-state index in [1.807, 2.05) is 0 Å². The summed E-state index contributed by atoms with van der Waals surface area (Å²) in [5.41, 5.74) is 0. The number of hydrogen-bond acceptors (Lipinski definition) is 2. The van der Waals surface area contributed by atoms with Gasteiger partial charge < -0.3 is 4.79 Å². The van der Waals surface area contributed by atoms with Crippen LogP contribution in [0.1, 0.15) is 39.5 Å². The van der Waals surface area contributed by atoms with Crippen LogP contribution >= 0.6 is 8.25 Å². The zero-order chi connectivity index (χ0) is 9.98. The molecule has 0 rings (SSSR count). The molecule has 0 heterocycles. The fraction of sp³-hybridized carbons (Fsp3) is 0.857. The summed E-state index contributed by atoms with van der Waals surface area (Å²) in [5.74, 6) is 0.318. The number of hydrogen-bond donors (Lipinski definition) is 2. The molecule has 0 saturated heterocycles. The van der Waals surface area contributed by atoms with E-state index in [1.54, 1.807) is 6.92 Å². The summed E-state index contributed by atoms with van der Waals surface area (Å²) in [6.07, 6.45) is 4.24. The van der Waals surface area contributed by atoms with Crippen molar-refractivity contribution < 1.29 is 19.1 Å².